The lowest BCUT2D eigenvalue weighted by Crippen LogP contribution is -2.51. The number of hydrogen-bond acceptors (Lipinski definition) is 4. The van der Waals surface area contributed by atoms with Crippen molar-refractivity contribution < 1.29 is 18.0 Å². The van der Waals surface area contributed by atoms with Crippen LogP contribution in [0.15, 0.2) is 83.8 Å². The van der Waals surface area contributed by atoms with E-state index in [0.717, 1.165) is 16.7 Å². The van der Waals surface area contributed by atoms with Crippen LogP contribution in [0.2, 0.25) is 0 Å². The fourth-order valence-corrected chi connectivity index (χ4v) is 5.77. The van der Waals surface area contributed by atoms with E-state index in [-0.39, 0.29) is 23.3 Å². The van der Waals surface area contributed by atoms with Gasteiger partial charge in [0, 0.05) is 13.1 Å². The Labute approximate surface area is 232 Å². The maximum Gasteiger partial charge on any atom is 0.264 e. The molecule has 0 heterocycles. The first-order valence-corrected chi connectivity index (χ1v) is 14.8. The standard InChI is InChI=1S/C31H39N3O4S/c1-6-26-15-12-13-19-29(26)34(39(37,38)28-17-8-7-9-18-28)22-30(35)33(21-27-16-11-10-14-24(27)4)25(5)31(36)32-20-23(2)3/h7-19,23,25H,6,20-22H2,1-5H3,(H,32,36). The van der Waals surface area contributed by atoms with Crippen molar-refractivity contribution in [3.05, 3.63) is 95.6 Å². The second-order valence-corrected chi connectivity index (χ2v) is 11.9. The molecule has 0 spiro atoms. The molecule has 3 rings (SSSR count). The normalized spacial score (nSPS) is 12.2. The number of nitrogens with zero attached hydrogens (tertiary/aromatic N) is 2. The van der Waals surface area contributed by atoms with E-state index in [4.69, 9.17) is 0 Å². The molecule has 2 amide bonds. The number of benzene rings is 3. The van der Waals surface area contributed by atoms with Gasteiger partial charge in [-0.1, -0.05) is 81.4 Å². The molecule has 8 heteroatoms. The first-order valence-electron chi connectivity index (χ1n) is 13.3. The Morgan fingerprint density at radius 1 is 0.846 bits per heavy atom. The summed E-state index contributed by atoms with van der Waals surface area (Å²) in [5, 5.41) is 2.91. The van der Waals surface area contributed by atoms with Crippen LogP contribution >= 0.6 is 0 Å². The predicted octanol–water partition coefficient (Wildman–Crippen LogP) is 4.94. The minimum absolute atomic E-state index is 0.0943. The number of rotatable bonds is 12. The van der Waals surface area contributed by atoms with Crippen molar-refractivity contribution in [1.82, 2.24) is 10.2 Å². The second-order valence-electron chi connectivity index (χ2n) is 10.1. The lowest BCUT2D eigenvalue weighted by molar-refractivity contribution is -0.139. The number of sulfonamides is 1. The highest BCUT2D eigenvalue weighted by Gasteiger charge is 2.33. The molecule has 1 N–H and O–H groups in total. The van der Waals surface area contributed by atoms with Crippen LogP contribution in [0, 0.1) is 12.8 Å². The quantitative estimate of drug-likeness (QED) is 0.347. The third-order valence-corrected chi connectivity index (χ3v) is 8.48. The van der Waals surface area contributed by atoms with Gasteiger partial charge in [-0.25, -0.2) is 8.42 Å². The number of hydrogen-bond donors (Lipinski definition) is 1. The molecule has 0 saturated heterocycles. The van der Waals surface area contributed by atoms with Crippen LogP contribution in [-0.2, 0) is 32.6 Å². The molecule has 3 aromatic carbocycles. The first-order chi connectivity index (χ1) is 18.6. The molecule has 0 bridgehead atoms. The lowest BCUT2D eigenvalue weighted by Gasteiger charge is -2.33. The van der Waals surface area contributed by atoms with E-state index in [9.17, 15) is 18.0 Å². The zero-order valence-electron chi connectivity index (χ0n) is 23.4. The van der Waals surface area contributed by atoms with Gasteiger partial charge in [0.05, 0.1) is 10.6 Å². The Morgan fingerprint density at radius 2 is 1.44 bits per heavy atom. The molecule has 0 aliphatic heterocycles. The number of anilines is 1. The molecule has 0 fully saturated rings. The summed E-state index contributed by atoms with van der Waals surface area (Å²) in [6.07, 6.45) is 0.589. The van der Waals surface area contributed by atoms with Crippen LogP contribution < -0.4 is 9.62 Å². The molecule has 39 heavy (non-hydrogen) atoms. The van der Waals surface area contributed by atoms with Crippen molar-refractivity contribution in [1.29, 1.82) is 0 Å². The molecule has 1 atom stereocenters. The van der Waals surface area contributed by atoms with Crippen molar-refractivity contribution in [2.24, 2.45) is 5.92 Å². The molecule has 0 aliphatic carbocycles. The van der Waals surface area contributed by atoms with Gasteiger partial charge >= 0.3 is 0 Å². The van der Waals surface area contributed by atoms with Crippen LogP contribution in [0.3, 0.4) is 0 Å². The largest absolute Gasteiger partial charge is 0.354 e. The Bertz CT molecular complexity index is 1370. The molecule has 0 saturated carbocycles. The van der Waals surface area contributed by atoms with Crippen LogP contribution in [0.5, 0.6) is 0 Å². The molecule has 0 radical (unpaired) electrons. The summed E-state index contributed by atoms with van der Waals surface area (Å²) in [5.74, 6) is -0.494. The molecule has 0 aliphatic rings. The van der Waals surface area contributed by atoms with E-state index in [2.05, 4.69) is 5.32 Å². The van der Waals surface area contributed by atoms with Crippen LogP contribution in [0.25, 0.3) is 0 Å². The zero-order chi connectivity index (χ0) is 28.6. The summed E-state index contributed by atoms with van der Waals surface area (Å²) in [5.41, 5.74) is 3.12. The fraction of sp³-hybridized carbons (Fsp3) is 0.355. The third kappa shape index (κ3) is 7.47. The smallest absolute Gasteiger partial charge is 0.264 e. The van der Waals surface area contributed by atoms with Crippen LogP contribution in [-0.4, -0.2) is 44.3 Å². The minimum Gasteiger partial charge on any atom is -0.354 e. The maximum absolute atomic E-state index is 14.0. The van der Waals surface area contributed by atoms with Gasteiger partial charge in [-0.3, -0.25) is 13.9 Å². The summed E-state index contributed by atoms with van der Waals surface area (Å²) in [7, 11) is -4.08. The summed E-state index contributed by atoms with van der Waals surface area (Å²) < 4.78 is 29.0. The average molecular weight is 550 g/mol. The Hall–Kier alpha value is -3.65. The summed E-state index contributed by atoms with van der Waals surface area (Å²) in [4.78, 5) is 28.7. The van der Waals surface area contributed by atoms with Crippen molar-refractivity contribution in [3.8, 4) is 0 Å². The van der Waals surface area contributed by atoms with E-state index in [1.165, 1.54) is 21.3 Å². The van der Waals surface area contributed by atoms with E-state index in [1.54, 1.807) is 37.3 Å². The van der Waals surface area contributed by atoms with Crippen molar-refractivity contribution >= 4 is 27.5 Å². The van der Waals surface area contributed by atoms with E-state index in [0.29, 0.717) is 18.7 Å². The van der Waals surface area contributed by atoms with E-state index in [1.807, 2.05) is 64.1 Å². The van der Waals surface area contributed by atoms with Gasteiger partial charge in [-0.15, -0.1) is 0 Å². The lowest BCUT2D eigenvalue weighted by atomic mass is 10.1. The van der Waals surface area contributed by atoms with Crippen molar-refractivity contribution in [2.75, 3.05) is 17.4 Å². The number of nitrogens with one attached hydrogen (secondary N) is 1. The summed E-state index contributed by atoms with van der Waals surface area (Å²) in [6.45, 7) is 9.79. The van der Waals surface area contributed by atoms with Gasteiger partial charge in [0.1, 0.15) is 12.6 Å². The fourth-order valence-electron chi connectivity index (χ4n) is 4.29. The molecular formula is C31H39N3O4S. The third-order valence-electron chi connectivity index (χ3n) is 6.71. The Morgan fingerprint density at radius 3 is 2.05 bits per heavy atom. The van der Waals surface area contributed by atoms with E-state index < -0.39 is 28.5 Å². The average Bonchev–Trinajstić information content (AvgIpc) is 2.94. The van der Waals surface area contributed by atoms with Crippen LogP contribution in [0.4, 0.5) is 5.69 Å². The van der Waals surface area contributed by atoms with Gasteiger partial charge in [-0.05, 0) is 61.1 Å². The topological polar surface area (TPSA) is 86.8 Å². The predicted molar refractivity (Wildman–Crippen MR) is 156 cm³/mol. The first kappa shape index (κ1) is 29.9. The Kier molecular flexibility index (Phi) is 10.3. The molecule has 7 nitrogen and oxygen atoms in total. The molecule has 208 valence electrons. The molecule has 3 aromatic rings. The maximum atomic E-state index is 14.0. The van der Waals surface area contributed by atoms with Crippen molar-refractivity contribution in [2.45, 2.75) is 58.5 Å². The van der Waals surface area contributed by atoms with Gasteiger partial charge in [0.15, 0.2) is 0 Å². The van der Waals surface area contributed by atoms with Gasteiger partial charge in [0.2, 0.25) is 11.8 Å². The number of carbonyl (C=O) groups excluding carboxylic acids is 2. The minimum atomic E-state index is -4.08. The van der Waals surface area contributed by atoms with Gasteiger partial charge < -0.3 is 10.2 Å². The highest BCUT2D eigenvalue weighted by molar-refractivity contribution is 7.92. The Balaban J connectivity index is 2.05. The number of para-hydroxylation sites is 1. The zero-order valence-corrected chi connectivity index (χ0v) is 24.2. The number of carbonyl (C=O) groups is 2. The molecule has 0 aromatic heterocycles. The van der Waals surface area contributed by atoms with Crippen molar-refractivity contribution in [3.63, 3.8) is 0 Å². The van der Waals surface area contributed by atoms with Crippen LogP contribution in [0.1, 0.15) is 44.4 Å². The SMILES string of the molecule is CCc1ccccc1N(CC(=O)N(Cc1ccccc1C)C(C)C(=O)NCC(C)C)S(=O)(=O)c1ccccc1. The summed E-state index contributed by atoms with van der Waals surface area (Å²) >= 11 is 0. The number of aryl methyl sites for hydroxylation is 2. The number of amides is 2. The highest BCUT2D eigenvalue weighted by atomic mass is 32.2. The van der Waals surface area contributed by atoms with E-state index >= 15 is 0 Å². The monoisotopic (exact) mass is 549 g/mol. The molecular weight excluding hydrogens is 510 g/mol. The highest BCUT2D eigenvalue weighted by Crippen LogP contribution is 2.28. The second kappa shape index (κ2) is 13.4. The van der Waals surface area contributed by atoms with Gasteiger partial charge in [0.25, 0.3) is 10.0 Å². The summed E-state index contributed by atoms with van der Waals surface area (Å²) in [6, 6.07) is 22.2. The van der Waals surface area contributed by atoms with Gasteiger partial charge in [-0.2, -0.15) is 0 Å². The molecule has 1 unspecified atom stereocenters.